The monoisotopic (exact) mass is 625 g/mol. The lowest BCUT2D eigenvalue weighted by Gasteiger charge is -2.21. The van der Waals surface area contributed by atoms with Gasteiger partial charge in [0.1, 0.15) is 12.4 Å². The predicted molar refractivity (Wildman–Crippen MR) is 156 cm³/mol. The number of hydrogen-bond donors (Lipinski definition) is 0. The van der Waals surface area contributed by atoms with Gasteiger partial charge in [0.2, 0.25) is 0 Å². The van der Waals surface area contributed by atoms with Crippen molar-refractivity contribution in [2.24, 2.45) is 5.10 Å². The van der Waals surface area contributed by atoms with Crippen molar-refractivity contribution in [3.8, 4) is 11.5 Å². The molecule has 0 aliphatic rings. The van der Waals surface area contributed by atoms with Gasteiger partial charge < -0.3 is 9.47 Å². The fourth-order valence-electron chi connectivity index (χ4n) is 3.74. The number of nitrogens with zero attached hydrogens (tertiary/aromatic N) is 3. The summed E-state index contributed by atoms with van der Waals surface area (Å²) in [5.41, 5.74) is 3.02. The molecule has 0 radical (unpaired) electrons. The number of benzene rings is 3. The number of ether oxygens (including phenoxy) is 2. The van der Waals surface area contributed by atoms with Crippen molar-refractivity contribution in [1.82, 2.24) is 9.66 Å². The van der Waals surface area contributed by atoms with E-state index in [0.29, 0.717) is 41.4 Å². The molecule has 1 heterocycles. The summed E-state index contributed by atoms with van der Waals surface area (Å²) in [6.45, 7) is 10.9. The van der Waals surface area contributed by atoms with E-state index in [1.807, 2.05) is 64.1 Å². The number of aryl methyl sites for hydroxylation is 1. The molecule has 0 aliphatic carbocycles. The van der Waals surface area contributed by atoms with E-state index in [2.05, 4.69) is 56.0 Å². The summed E-state index contributed by atoms with van der Waals surface area (Å²) in [4.78, 5) is 18.2. The van der Waals surface area contributed by atoms with E-state index < -0.39 is 5.41 Å². The fraction of sp³-hybridized carbons (Fsp3) is 0.276. The first-order chi connectivity index (χ1) is 17.6. The van der Waals surface area contributed by atoms with Crippen molar-refractivity contribution in [2.75, 3.05) is 6.61 Å². The molecule has 3 aromatic carbocycles. The quantitative estimate of drug-likeness (QED) is 0.201. The van der Waals surface area contributed by atoms with Gasteiger partial charge in [-0.3, -0.25) is 4.79 Å². The molecule has 0 amide bonds. The number of rotatable bonds is 7. The van der Waals surface area contributed by atoms with Crippen LogP contribution in [-0.4, -0.2) is 22.5 Å². The Morgan fingerprint density at radius 2 is 1.70 bits per heavy atom. The molecule has 0 atom stereocenters. The normalized spacial score (nSPS) is 11.9. The lowest BCUT2D eigenvalue weighted by Crippen LogP contribution is -2.29. The summed E-state index contributed by atoms with van der Waals surface area (Å²) >= 11 is 7.08. The number of aromatic nitrogens is 2. The van der Waals surface area contributed by atoms with Gasteiger partial charge in [0.05, 0.1) is 23.7 Å². The lowest BCUT2D eigenvalue weighted by atomic mass is 9.95. The topological polar surface area (TPSA) is 65.7 Å². The highest BCUT2D eigenvalue weighted by atomic mass is 79.9. The molecule has 0 bridgehead atoms. The van der Waals surface area contributed by atoms with E-state index >= 15 is 0 Å². The lowest BCUT2D eigenvalue weighted by molar-refractivity contribution is 0.269. The molecule has 0 saturated heterocycles. The summed E-state index contributed by atoms with van der Waals surface area (Å²) in [5, 5.41) is 5.08. The standard InChI is InChI=1S/C29H29Br2N3O3/c1-6-36-25-13-20(23(31)15-26(25)37-17-19-9-7-18(2)8-10-19)16-32-34-27(35)22-14-21(30)11-12-24(22)33-28(34)29(3,4)5/h7-16H,6,17H2,1-5H3. The predicted octanol–water partition coefficient (Wildman–Crippen LogP) is 7.39. The van der Waals surface area contributed by atoms with Gasteiger partial charge in [-0.2, -0.15) is 9.78 Å². The van der Waals surface area contributed by atoms with Crippen LogP contribution < -0.4 is 15.0 Å². The van der Waals surface area contributed by atoms with Crippen molar-refractivity contribution in [3.63, 3.8) is 0 Å². The third-order valence-corrected chi connectivity index (χ3v) is 6.85. The molecule has 0 N–H and O–H groups in total. The second kappa shape index (κ2) is 11.2. The number of halogens is 2. The van der Waals surface area contributed by atoms with Crippen LogP contribution >= 0.6 is 31.9 Å². The summed E-state index contributed by atoms with van der Waals surface area (Å²) in [7, 11) is 0. The molecule has 8 heteroatoms. The molecule has 0 fully saturated rings. The van der Waals surface area contributed by atoms with Gasteiger partial charge in [0.15, 0.2) is 11.5 Å². The van der Waals surface area contributed by atoms with E-state index in [9.17, 15) is 4.79 Å². The van der Waals surface area contributed by atoms with Crippen LogP contribution in [0.15, 0.2) is 73.4 Å². The molecule has 1 aromatic heterocycles. The Morgan fingerprint density at radius 1 is 1.00 bits per heavy atom. The van der Waals surface area contributed by atoms with Crippen molar-refractivity contribution >= 4 is 49.0 Å². The van der Waals surface area contributed by atoms with Gasteiger partial charge in [-0.1, -0.05) is 66.5 Å². The second-order valence-electron chi connectivity index (χ2n) is 9.74. The van der Waals surface area contributed by atoms with Gasteiger partial charge >= 0.3 is 0 Å². The molecule has 192 valence electrons. The van der Waals surface area contributed by atoms with Crippen LogP contribution in [0, 0.1) is 6.92 Å². The average molecular weight is 627 g/mol. The van der Waals surface area contributed by atoms with Gasteiger partial charge in [-0.05, 0) is 65.7 Å². The number of hydrogen-bond acceptors (Lipinski definition) is 5. The van der Waals surface area contributed by atoms with Crippen LogP contribution in [0.5, 0.6) is 11.5 Å². The van der Waals surface area contributed by atoms with Crippen LogP contribution in [0.25, 0.3) is 10.9 Å². The molecular weight excluding hydrogens is 598 g/mol. The van der Waals surface area contributed by atoms with Crippen molar-refractivity contribution in [1.29, 1.82) is 0 Å². The van der Waals surface area contributed by atoms with Crippen molar-refractivity contribution in [3.05, 3.63) is 96.4 Å². The smallest absolute Gasteiger partial charge is 0.282 e. The van der Waals surface area contributed by atoms with Crippen LogP contribution in [0.4, 0.5) is 0 Å². The van der Waals surface area contributed by atoms with Crippen LogP contribution in [-0.2, 0) is 12.0 Å². The zero-order chi connectivity index (χ0) is 26.7. The molecule has 4 aromatic rings. The second-order valence-corrected chi connectivity index (χ2v) is 11.5. The minimum atomic E-state index is -0.404. The van der Waals surface area contributed by atoms with Crippen LogP contribution in [0.3, 0.4) is 0 Å². The molecule has 0 unspecified atom stereocenters. The molecule has 0 saturated carbocycles. The molecular formula is C29H29Br2N3O3. The third kappa shape index (κ3) is 6.30. The summed E-state index contributed by atoms with van der Waals surface area (Å²) in [6, 6.07) is 17.4. The Balaban J connectivity index is 1.72. The fourth-order valence-corrected chi connectivity index (χ4v) is 4.52. The Labute approximate surface area is 233 Å². The molecule has 0 aliphatic heterocycles. The van der Waals surface area contributed by atoms with Gasteiger partial charge in [-0.25, -0.2) is 4.98 Å². The molecule has 0 spiro atoms. The summed E-state index contributed by atoms with van der Waals surface area (Å²) in [6.07, 6.45) is 1.64. The maximum absolute atomic E-state index is 13.5. The largest absolute Gasteiger partial charge is 0.490 e. The van der Waals surface area contributed by atoms with E-state index in [-0.39, 0.29) is 5.56 Å². The number of fused-ring (bicyclic) bond motifs is 1. The minimum Gasteiger partial charge on any atom is -0.490 e. The first-order valence-electron chi connectivity index (χ1n) is 12.0. The van der Waals surface area contributed by atoms with E-state index in [4.69, 9.17) is 14.5 Å². The van der Waals surface area contributed by atoms with E-state index in [1.165, 1.54) is 10.2 Å². The first-order valence-corrected chi connectivity index (χ1v) is 13.6. The van der Waals surface area contributed by atoms with Gasteiger partial charge in [0.25, 0.3) is 5.56 Å². The van der Waals surface area contributed by atoms with Crippen LogP contribution in [0.2, 0.25) is 0 Å². The third-order valence-electron chi connectivity index (χ3n) is 5.67. The zero-order valence-electron chi connectivity index (χ0n) is 21.5. The highest BCUT2D eigenvalue weighted by Gasteiger charge is 2.23. The zero-order valence-corrected chi connectivity index (χ0v) is 24.7. The summed E-state index contributed by atoms with van der Waals surface area (Å²) in [5.74, 6) is 1.79. The maximum Gasteiger partial charge on any atom is 0.282 e. The van der Waals surface area contributed by atoms with E-state index in [0.717, 1.165) is 20.1 Å². The molecule has 6 nitrogen and oxygen atoms in total. The molecule has 37 heavy (non-hydrogen) atoms. The van der Waals surface area contributed by atoms with E-state index in [1.54, 1.807) is 12.3 Å². The Bertz CT molecular complexity index is 1520. The highest BCUT2D eigenvalue weighted by Crippen LogP contribution is 2.34. The maximum atomic E-state index is 13.5. The summed E-state index contributed by atoms with van der Waals surface area (Å²) < 4.78 is 14.9. The Kier molecular flexibility index (Phi) is 8.19. The first kappa shape index (κ1) is 27.1. The Hall–Kier alpha value is -2.97. The Morgan fingerprint density at radius 3 is 2.38 bits per heavy atom. The molecule has 4 rings (SSSR count). The van der Waals surface area contributed by atoms with Gasteiger partial charge in [-0.15, -0.1) is 0 Å². The average Bonchev–Trinajstić information content (AvgIpc) is 2.84. The van der Waals surface area contributed by atoms with Crippen molar-refractivity contribution in [2.45, 2.75) is 46.6 Å². The SMILES string of the molecule is CCOc1cc(C=Nn2c(C(C)(C)C)nc3ccc(Br)cc3c2=O)c(Br)cc1OCc1ccc(C)cc1. The highest BCUT2D eigenvalue weighted by molar-refractivity contribution is 9.10. The van der Waals surface area contributed by atoms with Crippen LogP contribution in [0.1, 0.15) is 50.2 Å². The minimum absolute atomic E-state index is 0.230. The van der Waals surface area contributed by atoms with Gasteiger partial charge in [0, 0.05) is 19.9 Å². The van der Waals surface area contributed by atoms with Crippen molar-refractivity contribution < 1.29 is 9.47 Å².